The number of carbonyl (C=O) groups excluding carboxylic acids is 1. The number of benzene rings is 1. The van der Waals surface area contributed by atoms with Gasteiger partial charge in [-0.1, -0.05) is 46.4 Å². The Bertz CT molecular complexity index is 565. The monoisotopic (exact) mass is 430 g/mol. The van der Waals surface area contributed by atoms with Crippen molar-refractivity contribution in [3.63, 3.8) is 0 Å². The Morgan fingerprint density at radius 3 is 2.20 bits per heavy atom. The minimum atomic E-state index is -0.0261. The summed E-state index contributed by atoms with van der Waals surface area (Å²) < 4.78 is 21.4. The lowest BCUT2D eigenvalue weighted by molar-refractivity contribution is -0.122. The van der Waals surface area contributed by atoms with Crippen molar-refractivity contribution in [3.8, 4) is 11.5 Å². The molecule has 1 aromatic carbocycles. The standard InChI is InChI=1S/C16H18Cl4O5/c1-11(21)10-23-5-4-22-6-7-25-16-13(17)8-12(9-14(16)18)24-3-2-15(19)20/h2,8-9H,3-7,10H2,1H3. The fourth-order valence-electron chi connectivity index (χ4n) is 1.60. The molecular weight excluding hydrogens is 414 g/mol. The average molecular weight is 432 g/mol. The lowest BCUT2D eigenvalue weighted by atomic mass is 10.3. The molecule has 0 aromatic heterocycles. The molecule has 0 saturated carbocycles. The van der Waals surface area contributed by atoms with Crippen LogP contribution in [0.3, 0.4) is 0 Å². The van der Waals surface area contributed by atoms with Crippen molar-refractivity contribution in [1.29, 1.82) is 0 Å². The largest absolute Gasteiger partial charge is 0.489 e. The maximum absolute atomic E-state index is 10.7. The Labute approximate surface area is 166 Å². The number of hydrogen-bond donors (Lipinski definition) is 0. The Kier molecular flexibility index (Phi) is 11.3. The van der Waals surface area contributed by atoms with Crippen LogP contribution in [-0.2, 0) is 14.3 Å². The van der Waals surface area contributed by atoms with Crippen LogP contribution in [0.4, 0.5) is 0 Å². The van der Waals surface area contributed by atoms with Gasteiger partial charge in [0.05, 0.1) is 29.9 Å². The van der Waals surface area contributed by atoms with Gasteiger partial charge in [0.2, 0.25) is 0 Å². The van der Waals surface area contributed by atoms with Gasteiger partial charge in [0.15, 0.2) is 11.5 Å². The molecule has 0 aliphatic rings. The van der Waals surface area contributed by atoms with E-state index in [1.165, 1.54) is 13.0 Å². The molecule has 1 rings (SSSR count). The summed E-state index contributed by atoms with van der Waals surface area (Å²) in [4.78, 5) is 10.7. The van der Waals surface area contributed by atoms with Crippen LogP contribution < -0.4 is 9.47 Å². The highest BCUT2D eigenvalue weighted by atomic mass is 35.5. The van der Waals surface area contributed by atoms with Crippen molar-refractivity contribution in [2.45, 2.75) is 6.92 Å². The van der Waals surface area contributed by atoms with Gasteiger partial charge in [-0.15, -0.1) is 0 Å². The molecule has 0 aliphatic carbocycles. The van der Waals surface area contributed by atoms with Gasteiger partial charge in [-0.2, -0.15) is 0 Å². The van der Waals surface area contributed by atoms with Gasteiger partial charge >= 0.3 is 0 Å². The first-order chi connectivity index (χ1) is 11.9. The molecule has 5 nitrogen and oxygen atoms in total. The summed E-state index contributed by atoms with van der Waals surface area (Å²) in [5.41, 5.74) is 0. The molecule has 0 bridgehead atoms. The maximum Gasteiger partial charge on any atom is 0.156 e. The predicted octanol–water partition coefficient (Wildman–Crippen LogP) is 4.69. The first kappa shape index (κ1) is 22.4. The van der Waals surface area contributed by atoms with Gasteiger partial charge in [-0.3, -0.25) is 4.79 Å². The topological polar surface area (TPSA) is 54.0 Å². The Morgan fingerprint density at radius 2 is 1.60 bits per heavy atom. The summed E-state index contributed by atoms with van der Waals surface area (Å²) in [7, 11) is 0. The first-order valence-electron chi connectivity index (χ1n) is 7.31. The van der Waals surface area contributed by atoms with Crippen LogP contribution in [0.1, 0.15) is 6.92 Å². The lowest BCUT2D eigenvalue weighted by Crippen LogP contribution is -2.13. The highest BCUT2D eigenvalue weighted by Gasteiger charge is 2.10. The minimum Gasteiger partial charge on any atom is -0.489 e. The summed E-state index contributed by atoms with van der Waals surface area (Å²) in [6.45, 7) is 3.03. The van der Waals surface area contributed by atoms with Crippen LogP contribution in [0.25, 0.3) is 0 Å². The van der Waals surface area contributed by atoms with Crippen molar-refractivity contribution in [2.75, 3.05) is 39.6 Å². The van der Waals surface area contributed by atoms with E-state index >= 15 is 0 Å². The number of carbonyl (C=O) groups is 1. The van der Waals surface area contributed by atoms with Gasteiger partial charge in [-0.25, -0.2) is 0 Å². The molecule has 0 heterocycles. The van der Waals surface area contributed by atoms with E-state index in [4.69, 9.17) is 65.4 Å². The summed E-state index contributed by atoms with van der Waals surface area (Å²) in [6, 6.07) is 3.16. The molecule has 0 aliphatic heterocycles. The number of ketones is 1. The number of halogens is 4. The van der Waals surface area contributed by atoms with Crippen molar-refractivity contribution < 1.29 is 23.7 Å². The van der Waals surface area contributed by atoms with Crippen LogP contribution in [0.2, 0.25) is 10.0 Å². The van der Waals surface area contributed by atoms with Crippen molar-refractivity contribution >= 4 is 52.2 Å². The highest BCUT2D eigenvalue weighted by molar-refractivity contribution is 6.55. The molecular formula is C16H18Cl4O5. The van der Waals surface area contributed by atoms with E-state index in [0.29, 0.717) is 41.4 Å². The van der Waals surface area contributed by atoms with E-state index in [9.17, 15) is 4.79 Å². The van der Waals surface area contributed by atoms with Crippen molar-refractivity contribution in [1.82, 2.24) is 0 Å². The first-order valence-corrected chi connectivity index (χ1v) is 8.82. The van der Waals surface area contributed by atoms with Crippen LogP contribution in [0.15, 0.2) is 22.7 Å². The second kappa shape index (κ2) is 12.6. The Balaban J connectivity index is 2.34. The molecule has 0 radical (unpaired) electrons. The molecule has 25 heavy (non-hydrogen) atoms. The second-order valence-electron chi connectivity index (χ2n) is 4.74. The van der Waals surface area contributed by atoms with Crippen LogP contribution in [0.5, 0.6) is 11.5 Å². The average Bonchev–Trinajstić information content (AvgIpc) is 2.51. The Hall–Kier alpha value is -0.690. The van der Waals surface area contributed by atoms with Crippen LogP contribution in [-0.4, -0.2) is 45.4 Å². The van der Waals surface area contributed by atoms with Gasteiger partial charge < -0.3 is 18.9 Å². The van der Waals surface area contributed by atoms with Gasteiger partial charge in [0.1, 0.15) is 30.1 Å². The number of ether oxygens (including phenoxy) is 4. The Morgan fingerprint density at radius 1 is 1.00 bits per heavy atom. The molecule has 0 fully saturated rings. The summed E-state index contributed by atoms with van der Waals surface area (Å²) in [5.74, 6) is 0.784. The van der Waals surface area contributed by atoms with Crippen LogP contribution in [0, 0.1) is 0 Å². The van der Waals surface area contributed by atoms with Crippen molar-refractivity contribution in [2.24, 2.45) is 0 Å². The predicted molar refractivity (Wildman–Crippen MR) is 99.6 cm³/mol. The smallest absolute Gasteiger partial charge is 0.156 e. The molecule has 0 N–H and O–H groups in total. The molecule has 1 aromatic rings. The summed E-state index contributed by atoms with van der Waals surface area (Å²) in [5, 5.41) is 0.626. The maximum atomic E-state index is 10.7. The van der Waals surface area contributed by atoms with Gasteiger partial charge in [-0.05, 0) is 13.0 Å². The molecule has 0 atom stereocenters. The molecule has 0 spiro atoms. The minimum absolute atomic E-state index is 0.0261. The normalized spacial score (nSPS) is 10.4. The third-order valence-corrected chi connectivity index (χ3v) is 3.48. The quantitative estimate of drug-likeness (QED) is 0.449. The van der Waals surface area contributed by atoms with E-state index in [-0.39, 0.29) is 30.1 Å². The van der Waals surface area contributed by atoms with E-state index in [1.807, 2.05) is 0 Å². The lowest BCUT2D eigenvalue weighted by Gasteiger charge is -2.12. The van der Waals surface area contributed by atoms with Crippen LogP contribution >= 0.6 is 46.4 Å². The van der Waals surface area contributed by atoms with E-state index in [1.54, 1.807) is 12.1 Å². The molecule has 0 amide bonds. The SMILES string of the molecule is CC(=O)COCCOCCOc1c(Cl)cc(OCC=C(Cl)Cl)cc1Cl. The molecule has 0 saturated heterocycles. The number of Topliss-reactive ketones (excluding diaryl/α,β-unsaturated/α-hetero) is 1. The van der Waals surface area contributed by atoms with Gasteiger partial charge in [0.25, 0.3) is 0 Å². The molecule has 140 valence electrons. The zero-order valence-corrected chi connectivity index (χ0v) is 16.6. The molecule has 9 heteroatoms. The van der Waals surface area contributed by atoms with Gasteiger partial charge in [0, 0.05) is 12.1 Å². The third-order valence-electron chi connectivity index (χ3n) is 2.61. The molecule has 0 unspecified atom stereocenters. The summed E-state index contributed by atoms with van der Waals surface area (Å²) in [6.07, 6.45) is 1.49. The fourth-order valence-corrected chi connectivity index (χ4v) is 2.30. The zero-order chi connectivity index (χ0) is 18.7. The van der Waals surface area contributed by atoms with E-state index in [2.05, 4.69) is 0 Å². The second-order valence-corrected chi connectivity index (χ2v) is 6.56. The highest BCUT2D eigenvalue weighted by Crippen LogP contribution is 2.36. The summed E-state index contributed by atoms with van der Waals surface area (Å²) >= 11 is 23.3. The number of rotatable bonds is 12. The third kappa shape index (κ3) is 10.1. The van der Waals surface area contributed by atoms with E-state index in [0.717, 1.165) is 0 Å². The fraction of sp³-hybridized carbons (Fsp3) is 0.438. The zero-order valence-electron chi connectivity index (χ0n) is 13.5. The van der Waals surface area contributed by atoms with E-state index < -0.39 is 0 Å². The number of hydrogen-bond acceptors (Lipinski definition) is 5. The van der Waals surface area contributed by atoms with Crippen molar-refractivity contribution in [3.05, 3.63) is 32.7 Å².